The number of rotatable bonds is 7. The molecule has 0 heterocycles. The Kier molecular flexibility index (Phi) is 7.19. The van der Waals surface area contributed by atoms with E-state index in [0.717, 1.165) is 5.69 Å². The molecule has 2 amide bonds. The summed E-state index contributed by atoms with van der Waals surface area (Å²) >= 11 is 0. The molecule has 0 aliphatic rings. The normalized spacial score (nSPS) is 10.8. The first-order chi connectivity index (χ1) is 15.7. The second kappa shape index (κ2) is 10.0. The molecule has 10 heteroatoms. The summed E-state index contributed by atoms with van der Waals surface area (Å²) in [5.74, 6) is -0.458. The topological polar surface area (TPSA) is 117 Å². The molecule has 0 fully saturated rings. The second-order valence-electron chi connectivity index (χ2n) is 7.21. The van der Waals surface area contributed by atoms with E-state index in [1.807, 2.05) is 25.1 Å². The zero-order valence-corrected chi connectivity index (χ0v) is 19.1. The van der Waals surface area contributed by atoms with Crippen molar-refractivity contribution in [2.45, 2.75) is 4.90 Å². The lowest BCUT2D eigenvalue weighted by Crippen LogP contribution is -2.41. The van der Waals surface area contributed by atoms with Gasteiger partial charge in [-0.2, -0.15) is 0 Å². The van der Waals surface area contributed by atoms with E-state index >= 15 is 0 Å². The quantitative estimate of drug-likeness (QED) is 0.459. The number of sulfonamides is 1. The van der Waals surface area contributed by atoms with E-state index in [9.17, 15) is 18.0 Å². The fourth-order valence-electron chi connectivity index (χ4n) is 2.84. The lowest BCUT2D eigenvalue weighted by Gasteiger charge is -2.14. The highest BCUT2D eigenvalue weighted by atomic mass is 32.2. The predicted octanol–water partition coefficient (Wildman–Crippen LogP) is 2.64. The average molecular weight is 469 g/mol. The number of methoxy groups -OCH3 is 1. The Morgan fingerprint density at radius 1 is 0.818 bits per heavy atom. The molecule has 0 aliphatic carbocycles. The molecule has 9 nitrogen and oxygen atoms in total. The lowest BCUT2D eigenvalue weighted by atomic mass is 10.2. The van der Waals surface area contributed by atoms with Crippen molar-refractivity contribution in [3.63, 3.8) is 0 Å². The molecule has 0 aromatic heterocycles. The van der Waals surface area contributed by atoms with Gasteiger partial charge in [-0.25, -0.2) is 8.42 Å². The molecule has 3 aromatic carbocycles. The van der Waals surface area contributed by atoms with E-state index < -0.39 is 21.8 Å². The number of hydrazine groups is 1. The van der Waals surface area contributed by atoms with Crippen LogP contribution >= 0.6 is 0 Å². The Morgan fingerprint density at radius 3 is 2.00 bits per heavy atom. The lowest BCUT2D eigenvalue weighted by molar-refractivity contribution is 0.0846. The molecular weight excluding hydrogens is 444 g/mol. The molecule has 0 saturated heterocycles. The highest BCUT2D eigenvalue weighted by molar-refractivity contribution is 7.92. The van der Waals surface area contributed by atoms with Crippen molar-refractivity contribution in [2.75, 3.05) is 30.8 Å². The SMILES string of the molecule is COc1ccc(NS(=O)(=O)c2ccc(C(=O)NNC(=O)c3cccc(N(C)C)c3)cc2)cc1. The van der Waals surface area contributed by atoms with Gasteiger partial charge in [0.2, 0.25) is 0 Å². The van der Waals surface area contributed by atoms with Crippen LogP contribution in [0.25, 0.3) is 0 Å². The van der Waals surface area contributed by atoms with E-state index in [1.54, 1.807) is 42.5 Å². The van der Waals surface area contributed by atoms with Crippen molar-refractivity contribution in [1.29, 1.82) is 0 Å². The molecule has 0 unspecified atom stereocenters. The van der Waals surface area contributed by atoms with Crippen molar-refractivity contribution in [3.05, 3.63) is 83.9 Å². The van der Waals surface area contributed by atoms with Crippen molar-refractivity contribution in [2.24, 2.45) is 0 Å². The van der Waals surface area contributed by atoms with Gasteiger partial charge in [0.1, 0.15) is 5.75 Å². The van der Waals surface area contributed by atoms with Gasteiger partial charge in [0, 0.05) is 36.6 Å². The summed E-state index contributed by atoms with van der Waals surface area (Å²) in [6, 6.07) is 18.7. The molecule has 3 rings (SSSR count). The van der Waals surface area contributed by atoms with Crippen molar-refractivity contribution in [1.82, 2.24) is 10.9 Å². The molecular formula is C23H24N4O5S. The minimum Gasteiger partial charge on any atom is -0.497 e. The van der Waals surface area contributed by atoms with Crippen LogP contribution in [0.3, 0.4) is 0 Å². The number of anilines is 2. The van der Waals surface area contributed by atoms with Gasteiger partial charge in [-0.05, 0) is 66.7 Å². The zero-order chi connectivity index (χ0) is 24.0. The van der Waals surface area contributed by atoms with Gasteiger partial charge in [-0.3, -0.25) is 25.2 Å². The maximum Gasteiger partial charge on any atom is 0.269 e. The predicted molar refractivity (Wildman–Crippen MR) is 126 cm³/mol. The first-order valence-corrected chi connectivity index (χ1v) is 11.3. The largest absolute Gasteiger partial charge is 0.497 e. The summed E-state index contributed by atoms with van der Waals surface area (Å²) in [4.78, 5) is 26.5. The number of carbonyl (C=O) groups excluding carboxylic acids is 2. The third kappa shape index (κ3) is 6.01. The molecule has 172 valence electrons. The third-order valence-electron chi connectivity index (χ3n) is 4.68. The minimum atomic E-state index is -3.84. The first-order valence-electron chi connectivity index (χ1n) is 9.84. The van der Waals surface area contributed by atoms with Gasteiger partial charge >= 0.3 is 0 Å². The van der Waals surface area contributed by atoms with E-state index in [1.165, 1.54) is 31.4 Å². The maximum absolute atomic E-state index is 12.6. The van der Waals surface area contributed by atoms with Crippen LogP contribution in [0, 0.1) is 0 Å². The van der Waals surface area contributed by atoms with Crippen LogP contribution in [0.1, 0.15) is 20.7 Å². The van der Waals surface area contributed by atoms with Gasteiger partial charge in [-0.15, -0.1) is 0 Å². The number of benzene rings is 3. The Hall–Kier alpha value is -4.05. The number of nitrogens with one attached hydrogen (secondary N) is 3. The summed E-state index contributed by atoms with van der Waals surface area (Å²) in [6.07, 6.45) is 0. The summed E-state index contributed by atoms with van der Waals surface area (Å²) < 4.78 is 32.7. The first kappa shape index (κ1) is 23.6. The zero-order valence-electron chi connectivity index (χ0n) is 18.3. The number of nitrogens with zero attached hydrogens (tertiary/aromatic N) is 1. The van der Waals surface area contributed by atoms with Gasteiger partial charge < -0.3 is 9.64 Å². The molecule has 0 bridgehead atoms. The highest BCUT2D eigenvalue weighted by Crippen LogP contribution is 2.19. The Morgan fingerprint density at radius 2 is 1.42 bits per heavy atom. The van der Waals surface area contributed by atoms with Crippen LogP contribution in [-0.4, -0.2) is 41.4 Å². The molecule has 33 heavy (non-hydrogen) atoms. The molecule has 3 aromatic rings. The fraction of sp³-hybridized carbons (Fsp3) is 0.130. The van der Waals surface area contributed by atoms with E-state index in [0.29, 0.717) is 17.0 Å². The molecule has 0 radical (unpaired) electrons. The molecule has 0 atom stereocenters. The Bertz CT molecular complexity index is 1240. The standard InChI is InChI=1S/C23H24N4O5S/c1-27(2)19-6-4-5-17(15-19)23(29)25-24-22(28)16-7-13-21(14-8-16)33(30,31)26-18-9-11-20(32-3)12-10-18/h4-15,26H,1-3H3,(H,24,28)(H,25,29). The van der Waals surface area contributed by atoms with Gasteiger partial charge in [-0.1, -0.05) is 6.07 Å². The number of amides is 2. The average Bonchev–Trinajstić information content (AvgIpc) is 2.82. The Labute approximate surface area is 192 Å². The van der Waals surface area contributed by atoms with Crippen LogP contribution in [0.15, 0.2) is 77.7 Å². The van der Waals surface area contributed by atoms with Crippen LogP contribution in [0.2, 0.25) is 0 Å². The summed E-state index contributed by atoms with van der Waals surface area (Å²) in [5.41, 5.74) is 6.46. The number of hydrogen-bond acceptors (Lipinski definition) is 6. The summed E-state index contributed by atoms with van der Waals surface area (Å²) in [5, 5.41) is 0. The number of carbonyl (C=O) groups is 2. The van der Waals surface area contributed by atoms with Gasteiger partial charge in [0.05, 0.1) is 12.0 Å². The van der Waals surface area contributed by atoms with Crippen LogP contribution in [0.5, 0.6) is 5.75 Å². The maximum atomic E-state index is 12.6. The van der Waals surface area contributed by atoms with E-state index in [4.69, 9.17) is 4.74 Å². The Balaban J connectivity index is 1.62. The summed E-state index contributed by atoms with van der Waals surface area (Å²) in [7, 11) is 1.39. The van der Waals surface area contributed by atoms with Crippen molar-refractivity contribution in [3.8, 4) is 5.75 Å². The molecule has 3 N–H and O–H groups in total. The highest BCUT2D eigenvalue weighted by Gasteiger charge is 2.16. The smallest absolute Gasteiger partial charge is 0.269 e. The van der Waals surface area contributed by atoms with E-state index in [-0.39, 0.29) is 10.5 Å². The summed E-state index contributed by atoms with van der Waals surface area (Å²) in [6.45, 7) is 0. The van der Waals surface area contributed by atoms with Gasteiger partial charge in [0.15, 0.2) is 0 Å². The third-order valence-corrected chi connectivity index (χ3v) is 6.08. The van der Waals surface area contributed by atoms with Crippen molar-refractivity contribution >= 4 is 33.2 Å². The minimum absolute atomic E-state index is 0.0144. The monoisotopic (exact) mass is 468 g/mol. The van der Waals surface area contributed by atoms with E-state index in [2.05, 4.69) is 15.6 Å². The van der Waals surface area contributed by atoms with Crippen LogP contribution < -0.4 is 25.2 Å². The number of ether oxygens (including phenoxy) is 1. The van der Waals surface area contributed by atoms with Crippen LogP contribution in [-0.2, 0) is 10.0 Å². The number of hydrogen-bond donors (Lipinski definition) is 3. The molecule has 0 spiro atoms. The second-order valence-corrected chi connectivity index (χ2v) is 8.89. The fourth-order valence-corrected chi connectivity index (χ4v) is 3.90. The molecule has 0 saturated carbocycles. The van der Waals surface area contributed by atoms with Gasteiger partial charge in [0.25, 0.3) is 21.8 Å². The van der Waals surface area contributed by atoms with Crippen molar-refractivity contribution < 1.29 is 22.7 Å². The van der Waals surface area contributed by atoms with Crippen LogP contribution in [0.4, 0.5) is 11.4 Å². The molecule has 0 aliphatic heterocycles.